The zero-order valence-electron chi connectivity index (χ0n) is 34.6. The minimum Gasteiger partial charge on any atom is -0.456 e. The van der Waals surface area contributed by atoms with E-state index < -0.39 is 0 Å². The predicted octanol–water partition coefficient (Wildman–Crippen LogP) is 15.1. The highest BCUT2D eigenvalue weighted by molar-refractivity contribution is 6.24. The number of furan rings is 2. The number of fused-ring (bicyclic) bond motifs is 14. The van der Waals surface area contributed by atoms with Crippen LogP contribution in [0.4, 0.5) is 0 Å². The van der Waals surface area contributed by atoms with Crippen LogP contribution in [0.25, 0.3) is 139 Å². The Balaban J connectivity index is 0.857. The summed E-state index contributed by atoms with van der Waals surface area (Å²) in [6.45, 7) is 0. The summed E-state index contributed by atoms with van der Waals surface area (Å²) in [5, 5.41) is 8.94. The zero-order valence-corrected chi connectivity index (χ0v) is 34.6. The van der Waals surface area contributed by atoms with E-state index in [1.807, 2.05) is 72.8 Å². The number of hydrogen-bond acceptors (Lipinski definition) is 6. The van der Waals surface area contributed by atoms with Gasteiger partial charge < -0.3 is 8.83 Å². The monoisotopic (exact) mass is 831 g/mol. The molecule has 0 saturated heterocycles. The summed E-state index contributed by atoms with van der Waals surface area (Å²) in [7, 11) is 0. The molecule has 0 saturated carbocycles. The smallest absolute Gasteiger partial charge is 0.164 e. The first-order valence-corrected chi connectivity index (χ1v) is 21.7. The van der Waals surface area contributed by atoms with Gasteiger partial charge in [0, 0.05) is 55.2 Å². The summed E-state index contributed by atoms with van der Waals surface area (Å²) >= 11 is 0. The lowest BCUT2D eigenvalue weighted by Crippen LogP contribution is -2.00. The molecule has 9 aromatic carbocycles. The Morgan fingerprint density at radius 1 is 0.292 bits per heavy atom. The van der Waals surface area contributed by atoms with E-state index in [9.17, 15) is 0 Å². The van der Waals surface area contributed by atoms with Gasteiger partial charge in [-0.25, -0.2) is 19.9 Å². The Morgan fingerprint density at radius 3 is 1.48 bits per heavy atom. The highest BCUT2D eigenvalue weighted by Gasteiger charge is 2.18. The maximum Gasteiger partial charge on any atom is 0.164 e. The number of rotatable bonds is 5. The van der Waals surface area contributed by atoms with Crippen LogP contribution < -0.4 is 0 Å². The predicted molar refractivity (Wildman–Crippen MR) is 263 cm³/mol. The molecule has 5 heterocycles. The molecule has 0 bridgehead atoms. The fourth-order valence-corrected chi connectivity index (χ4v) is 9.68. The molecule has 302 valence electrons. The summed E-state index contributed by atoms with van der Waals surface area (Å²) < 4.78 is 14.5. The van der Waals surface area contributed by atoms with Gasteiger partial charge in [0.1, 0.15) is 28.0 Å². The van der Waals surface area contributed by atoms with Gasteiger partial charge >= 0.3 is 0 Å². The molecule has 0 aliphatic rings. The van der Waals surface area contributed by atoms with Gasteiger partial charge in [-0.3, -0.25) is 4.40 Å². The van der Waals surface area contributed by atoms with E-state index in [0.717, 1.165) is 110 Å². The van der Waals surface area contributed by atoms with Crippen molar-refractivity contribution >= 4 is 82.1 Å². The molecule has 14 aromatic rings. The topological polar surface area (TPSA) is 82.2 Å². The summed E-state index contributed by atoms with van der Waals surface area (Å²) in [6, 6.07) is 67.2. The molecule has 0 amide bonds. The minimum absolute atomic E-state index is 0.603. The average molecular weight is 832 g/mol. The number of benzene rings is 9. The van der Waals surface area contributed by atoms with Crippen LogP contribution in [-0.2, 0) is 0 Å². The Labute approximate surface area is 370 Å². The largest absolute Gasteiger partial charge is 0.456 e. The fraction of sp³-hybridized carbons (Fsp3) is 0. The summed E-state index contributed by atoms with van der Waals surface area (Å²) in [6.07, 6.45) is 2.16. The van der Waals surface area contributed by atoms with Crippen molar-refractivity contribution in [3.63, 3.8) is 0 Å². The van der Waals surface area contributed by atoms with E-state index in [0.29, 0.717) is 17.5 Å². The number of aromatic nitrogens is 5. The summed E-state index contributed by atoms with van der Waals surface area (Å²) in [5.41, 5.74) is 13.6. The van der Waals surface area contributed by atoms with Gasteiger partial charge in [0.15, 0.2) is 17.5 Å². The van der Waals surface area contributed by atoms with Crippen molar-refractivity contribution in [1.82, 2.24) is 24.3 Å². The molecule has 0 N–H and O–H groups in total. The van der Waals surface area contributed by atoms with Crippen molar-refractivity contribution in [3.8, 4) is 56.4 Å². The molecule has 5 aromatic heterocycles. The number of pyridine rings is 1. The van der Waals surface area contributed by atoms with Gasteiger partial charge in [0.05, 0.1) is 11.0 Å². The van der Waals surface area contributed by atoms with Crippen molar-refractivity contribution in [3.05, 3.63) is 200 Å². The highest BCUT2D eigenvalue weighted by atomic mass is 16.3. The molecule has 7 heteroatoms. The Morgan fingerprint density at radius 2 is 0.769 bits per heavy atom. The van der Waals surface area contributed by atoms with E-state index >= 15 is 0 Å². The molecular formula is C58H33N5O2. The molecule has 0 spiro atoms. The summed E-state index contributed by atoms with van der Waals surface area (Å²) in [5.74, 6) is 1.83. The standard InChI is InChI=1S/C58H33N5O2/c1-2-10-35(11-3-1)56-60-57(62-58(61-56)40-24-27-52-48(32-40)43-14-7-9-17-50(43)65-52)36-20-18-34(19-21-36)37-22-25-45-46(30-37)41-12-4-5-15-44(41)54-55(45)63-29-28-39(33-53(63)59-54)38-23-26-51-47(31-38)42-13-6-8-16-49(42)64-51/h1-33H. The van der Waals surface area contributed by atoms with Crippen LogP contribution in [0, 0.1) is 0 Å². The van der Waals surface area contributed by atoms with Crippen LogP contribution in [0.5, 0.6) is 0 Å². The van der Waals surface area contributed by atoms with E-state index in [2.05, 4.69) is 132 Å². The van der Waals surface area contributed by atoms with Crippen LogP contribution in [0.3, 0.4) is 0 Å². The molecule has 0 radical (unpaired) electrons. The highest BCUT2D eigenvalue weighted by Crippen LogP contribution is 2.40. The van der Waals surface area contributed by atoms with Gasteiger partial charge in [0.25, 0.3) is 0 Å². The fourth-order valence-electron chi connectivity index (χ4n) is 9.68. The van der Waals surface area contributed by atoms with Crippen LogP contribution in [0.15, 0.2) is 209 Å². The number of para-hydroxylation sites is 2. The van der Waals surface area contributed by atoms with Crippen molar-refractivity contribution < 1.29 is 8.83 Å². The number of hydrogen-bond donors (Lipinski definition) is 0. The third-order valence-corrected chi connectivity index (χ3v) is 12.9. The van der Waals surface area contributed by atoms with Gasteiger partial charge in [-0.2, -0.15) is 0 Å². The van der Waals surface area contributed by atoms with Crippen molar-refractivity contribution in [2.45, 2.75) is 0 Å². The Bertz CT molecular complexity index is 4240. The lowest BCUT2D eigenvalue weighted by atomic mass is 9.95. The first-order valence-electron chi connectivity index (χ1n) is 21.7. The van der Waals surface area contributed by atoms with E-state index in [1.54, 1.807) is 0 Å². The molecule has 0 aliphatic carbocycles. The molecule has 0 unspecified atom stereocenters. The van der Waals surface area contributed by atoms with Crippen molar-refractivity contribution in [1.29, 1.82) is 0 Å². The molecule has 0 atom stereocenters. The molecular weight excluding hydrogens is 799 g/mol. The normalized spacial score (nSPS) is 12.0. The molecule has 65 heavy (non-hydrogen) atoms. The Kier molecular flexibility index (Phi) is 7.55. The average Bonchev–Trinajstić information content (AvgIpc) is 4.07. The maximum absolute atomic E-state index is 6.13. The third-order valence-electron chi connectivity index (χ3n) is 12.9. The van der Waals surface area contributed by atoms with E-state index in [1.165, 1.54) is 10.8 Å². The van der Waals surface area contributed by atoms with Gasteiger partial charge in [-0.1, -0.05) is 133 Å². The SMILES string of the molecule is c1ccc(-c2nc(-c3ccc(-c4ccc5c(c4)c4ccccc4c4nc6cc(-c7ccc8oc9ccccc9c8c7)ccn6c54)cc3)nc(-c3ccc4oc5ccccc5c4c3)n2)cc1. The van der Waals surface area contributed by atoms with Gasteiger partial charge in [0.2, 0.25) is 0 Å². The van der Waals surface area contributed by atoms with Crippen molar-refractivity contribution in [2.75, 3.05) is 0 Å². The lowest BCUT2D eigenvalue weighted by molar-refractivity contribution is 0.668. The number of nitrogens with zero attached hydrogens (tertiary/aromatic N) is 5. The van der Waals surface area contributed by atoms with Gasteiger partial charge in [-0.05, 0) is 93.7 Å². The van der Waals surface area contributed by atoms with Crippen molar-refractivity contribution in [2.24, 2.45) is 0 Å². The minimum atomic E-state index is 0.603. The Hall–Kier alpha value is -8.94. The quantitative estimate of drug-likeness (QED) is 0.161. The van der Waals surface area contributed by atoms with Crippen LogP contribution >= 0.6 is 0 Å². The first kappa shape index (κ1) is 35.6. The second kappa shape index (κ2) is 13.8. The zero-order chi connectivity index (χ0) is 42.6. The molecule has 0 aliphatic heterocycles. The third kappa shape index (κ3) is 5.62. The second-order valence-electron chi connectivity index (χ2n) is 16.6. The summed E-state index contributed by atoms with van der Waals surface area (Å²) in [4.78, 5) is 20.4. The molecule has 7 nitrogen and oxygen atoms in total. The second-order valence-corrected chi connectivity index (χ2v) is 16.6. The van der Waals surface area contributed by atoms with Crippen LogP contribution in [0.1, 0.15) is 0 Å². The van der Waals surface area contributed by atoms with Crippen LogP contribution in [-0.4, -0.2) is 24.3 Å². The maximum atomic E-state index is 6.13. The van der Waals surface area contributed by atoms with Gasteiger partial charge in [-0.15, -0.1) is 0 Å². The number of imidazole rings is 1. The van der Waals surface area contributed by atoms with E-state index in [4.69, 9.17) is 28.8 Å². The lowest BCUT2D eigenvalue weighted by Gasteiger charge is -2.11. The molecule has 0 fully saturated rings. The van der Waals surface area contributed by atoms with Crippen LogP contribution in [0.2, 0.25) is 0 Å². The first-order chi connectivity index (χ1) is 32.2. The molecule has 14 rings (SSSR count). The van der Waals surface area contributed by atoms with E-state index in [-0.39, 0.29) is 0 Å².